The number of aromatic nitrogens is 1. The molecule has 0 fully saturated rings. The number of para-hydroxylation sites is 2. The molecule has 0 atom stereocenters. The average Bonchev–Trinajstić information content (AvgIpc) is 3.68. The number of benzene rings is 8. The van der Waals surface area contributed by atoms with E-state index in [1.165, 1.54) is 93.5 Å². The van der Waals surface area contributed by atoms with Gasteiger partial charge in [0.05, 0.1) is 16.7 Å². The van der Waals surface area contributed by atoms with Gasteiger partial charge in [0, 0.05) is 17.2 Å². The maximum Gasteiger partial charge on any atom is 0.0541 e. The molecule has 0 saturated carbocycles. The van der Waals surface area contributed by atoms with Crippen molar-refractivity contribution in [3.63, 3.8) is 0 Å². The molecule has 1 aliphatic rings. The summed E-state index contributed by atoms with van der Waals surface area (Å²) in [6.07, 6.45) is 0.910. The second-order valence-electron chi connectivity index (χ2n) is 12.4. The van der Waals surface area contributed by atoms with Crippen molar-refractivity contribution >= 4 is 43.4 Å². The van der Waals surface area contributed by atoms with E-state index < -0.39 is 0 Å². The van der Waals surface area contributed by atoms with Crippen LogP contribution >= 0.6 is 0 Å². The molecule has 0 radical (unpaired) electrons. The van der Waals surface area contributed by atoms with Gasteiger partial charge in [-0.05, 0) is 84.3 Å². The molecule has 1 heterocycles. The highest BCUT2D eigenvalue weighted by atomic mass is 15.0. The first kappa shape index (κ1) is 25.4. The topological polar surface area (TPSA) is 4.93 Å². The zero-order valence-corrected chi connectivity index (χ0v) is 25.2. The minimum Gasteiger partial charge on any atom is -0.309 e. The Hall–Kier alpha value is -5.92. The van der Waals surface area contributed by atoms with Gasteiger partial charge in [0.1, 0.15) is 0 Å². The smallest absolute Gasteiger partial charge is 0.0541 e. The molecule has 46 heavy (non-hydrogen) atoms. The normalized spacial score (nSPS) is 12.3. The van der Waals surface area contributed by atoms with Gasteiger partial charge in [0.15, 0.2) is 0 Å². The van der Waals surface area contributed by atoms with Gasteiger partial charge in [-0.15, -0.1) is 0 Å². The van der Waals surface area contributed by atoms with E-state index in [1.54, 1.807) is 0 Å². The fourth-order valence-electron chi connectivity index (χ4n) is 8.17. The van der Waals surface area contributed by atoms with Crippen LogP contribution in [-0.2, 0) is 6.42 Å². The molecule has 0 aliphatic heterocycles. The molecule has 0 bridgehead atoms. The zero-order valence-electron chi connectivity index (χ0n) is 25.2. The number of rotatable bonds is 3. The van der Waals surface area contributed by atoms with Crippen molar-refractivity contribution in [3.8, 4) is 39.1 Å². The van der Waals surface area contributed by atoms with E-state index in [2.05, 4.69) is 168 Å². The zero-order chi connectivity index (χ0) is 30.2. The van der Waals surface area contributed by atoms with Crippen LogP contribution < -0.4 is 0 Å². The van der Waals surface area contributed by atoms with E-state index in [9.17, 15) is 0 Å². The van der Waals surface area contributed by atoms with Crippen molar-refractivity contribution in [1.82, 2.24) is 4.57 Å². The quantitative estimate of drug-likeness (QED) is 0.182. The minimum absolute atomic E-state index is 0.910. The standard InChI is InChI=1S/C45H29N/c1-2-14-29(15-3-1)43-34-20-6-8-22-36(34)45(37-23-9-7-21-35(37)43)38-26-27-42(39-28-30-16-4-5-17-31(30)44(38)39)46-40-24-12-10-18-32(40)33-19-11-13-25-41(33)46/h1-27H,28H2. The Morgan fingerprint density at radius 3 is 1.48 bits per heavy atom. The van der Waals surface area contributed by atoms with E-state index in [4.69, 9.17) is 0 Å². The second kappa shape index (κ2) is 9.79. The monoisotopic (exact) mass is 583 g/mol. The van der Waals surface area contributed by atoms with Gasteiger partial charge >= 0.3 is 0 Å². The second-order valence-corrected chi connectivity index (χ2v) is 12.4. The maximum atomic E-state index is 2.49. The third-order valence-corrected chi connectivity index (χ3v) is 10.0. The molecule has 0 N–H and O–H groups in total. The lowest BCUT2D eigenvalue weighted by atomic mass is 9.83. The lowest BCUT2D eigenvalue weighted by molar-refractivity contribution is 1.12. The van der Waals surface area contributed by atoms with Crippen LogP contribution in [0.4, 0.5) is 0 Å². The molecular weight excluding hydrogens is 555 g/mol. The van der Waals surface area contributed by atoms with Gasteiger partial charge in [-0.2, -0.15) is 0 Å². The largest absolute Gasteiger partial charge is 0.309 e. The number of hydrogen-bond acceptors (Lipinski definition) is 0. The molecule has 9 aromatic rings. The minimum atomic E-state index is 0.910. The summed E-state index contributed by atoms with van der Waals surface area (Å²) in [5, 5.41) is 7.73. The average molecular weight is 584 g/mol. The first-order chi connectivity index (χ1) is 22.9. The van der Waals surface area contributed by atoms with Crippen molar-refractivity contribution in [1.29, 1.82) is 0 Å². The summed E-state index contributed by atoms with van der Waals surface area (Å²) in [6.45, 7) is 0. The molecule has 0 unspecified atom stereocenters. The van der Waals surface area contributed by atoms with E-state index in [0.717, 1.165) is 6.42 Å². The molecule has 1 aromatic heterocycles. The van der Waals surface area contributed by atoms with Crippen LogP contribution in [0.3, 0.4) is 0 Å². The van der Waals surface area contributed by atoms with Gasteiger partial charge in [0.25, 0.3) is 0 Å². The first-order valence-corrected chi connectivity index (χ1v) is 16.1. The number of hydrogen-bond donors (Lipinski definition) is 0. The summed E-state index contributed by atoms with van der Waals surface area (Å²) in [6, 6.07) is 60.3. The van der Waals surface area contributed by atoms with Gasteiger partial charge in [-0.25, -0.2) is 0 Å². The van der Waals surface area contributed by atoms with Crippen molar-refractivity contribution in [2.75, 3.05) is 0 Å². The lowest BCUT2D eigenvalue weighted by Crippen LogP contribution is -2.01. The molecule has 1 nitrogen and oxygen atoms in total. The van der Waals surface area contributed by atoms with Crippen LogP contribution in [0.5, 0.6) is 0 Å². The molecule has 10 rings (SSSR count). The molecular formula is C45H29N. The van der Waals surface area contributed by atoms with Gasteiger partial charge in [-0.1, -0.05) is 146 Å². The van der Waals surface area contributed by atoms with Crippen LogP contribution in [0.15, 0.2) is 164 Å². The Morgan fingerprint density at radius 1 is 0.348 bits per heavy atom. The van der Waals surface area contributed by atoms with E-state index >= 15 is 0 Å². The van der Waals surface area contributed by atoms with Crippen LogP contribution in [0.1, 0.15) is 11.1 Å². The Balaban J connectivity index is 1.35. The Kier molecular flexibility index (Phi) is 5.41. The number of fused-ring (bicyclic) bond motifs is 8. The molecule has 0 saturated heterocycles. The van der Waals surface area contributed by atoms with Crippen molar-refractivity contribution in [2.45, 2.75) is 6.42 Å². The maximum absolute atomic E-state index is 2.49. The molecule has 1 aliphatic carbocycles. The molecule has 1 heteroatoms. The van der Waals surface area contributed by atoms with Crippen molar-refractivity contribution in [3.05, 3.63) is 175 Å². The SMILES string of the molecule is c1ccc(-c2c3ccccc3c(-c3ccc(-n4c5ccccc5c5ccccc54)c4c3-c3ccccc3C4)c3ccccc23)cc1. The molecule has 0 spiro atoms. The van der Waals surface area contributed by atoms with Crippen LogP contribution in [0.25, 0.3) is 82.4 Å². The highest BCUT2D eigenvalue weighted by Gasteiger charge is 2.28. The highest BCUT2D eigenvalue weighted by Crippen LogP contribution is 2.51. The van der Waals surface area contributed by atoms with E-state index in [-0.39, 0.29) is 0 Å². The summed E-state index contributed by atoms with van der Waals surface area (Å²) in [5.74, 6) is 0. The number of nitrogens with zero attached hydrogens (tertiary/aromatic N) is 1. The first-order valence-electron chi connectivity index (χ1n) is 16.1. The summed E-state index contributed by atoms with van der Waals surface area (Å²) in [7, 11) is 0. The highest BCUT2D eigenvalue weighted by molar-refractivity contribution is 6.23. The summed E-state index contributed by atoms with van der Waals surface area (Å²) in [5.41, 5.74) is 14.4. The summed E-state index contributed by atoms with van der Waals surface area (Å²) < 4.78 is 2.49. The fourth-order valence-corrected chi connectivity index (χ4v) is 8.17. The Bertz CT molecular complexity index is 2550. The van der Waals surface area contributed by atoms with Gasteiger partial charge in [0.2, 0.25) is 0 Å². The van der Waals surface area contributed by atoms with Crippen molar-refractivity contribution < 1.29 is 0 Å². The third kappa shape index (κ3) is 3.51. The Morgan fingerprint density at radius 2 is 0.848 bits per heavy atom. The van der Waals surface area contributed by atoms with Gasteiger partial charge < -0.3 is 4.57 Å². The predicted molar refractivity (Wildman–Crippen MR) is 195 cm³/mol. The van der Waals surface area contributed by atoms with Crippen LogP contribution in [0.2, 0.25) is 0 Å². The lowest BCUT2D eigenvalue weighted by Gasteiger charge is -2.21. The fraction of sp³-hybridized carbons (Fsp3) is 0.0222. The van der Waals surface area contributed by atoms with Gasteiger partial charge in [-0.3, -0.25) is 0 Å². The molecule has 0 amide bonds. The van der Waals surface area contributed by atoms with Crippen LogP contribution in [-0.4, -0.2) is 4.57 Å². The van der Waals surface area contributed by atoms with E-state index in [1.807, 2.05) is 0 Å². The van der Waals surface area contributed by atoms with Crippen LogP contribution in [0, 0.1) is 0 Å². The predicted octanol–water partition coefficient (Wildman–Crippen LogP) is 12.0. The third-order valence-electron chi connectivity index (χ3n) is 10.0. The molecule has 8 aromatic carbocycles. The van der Waals surface area contributed by atoms with Crippen molar-refractivity contribution in [2.24, 2.45) is 0 Å². The van der Waals surface area contributed by atoms with E-state index in [0.29, 0.717) is 0 Å². The molecule has 214 valence electrons. The summed E-state index contributed by atoms with van der Waals surface area (Å²) >= 11 is 0. The Labute approximate surface area is 267 Å². The summed E-state index contributed by atoms with van der Waals surface area (Å²) in [4.78, 5) is 0.